The molecule has 3 rings (SSSR count). The molecular weight excluding hydrogens is 264 g/mol. The summed E-state index contributed by atoms with van der Waals surface area (Å²) in [6, 6.07) is 1.91. The average molecular weight is 288 g/mol. The fourth-order valence-corrected chi connectivity index (χ4v) is 3.61. The number of hydrogen-bond donors (Lipinski definition) is 0. The van der Waals surface area contributed by atoms with Crippen LogP contribution < -0.4 is 9.64 Å². The summed E-state index contributed by atoms with van der Waals surface area (Å²) in [5, 5.41) is 0. The van der Waals surface area contributed by atoms with E-state index in [1.165, 1.54) is 32.1 Å². The molecule has 1 aliphatic carbocycles. The number of aromatic nitrogens is 1. The Labute approximate surface area is 126 Å². The van der Waals surface area contributed by atoms with Gasteiger partial charge in [0.05, 0.1) is 18.2 Å². The van der Waals surface area contributed by atoms with Crippen molar-refractivity contribution in [1.29, 1.82) is 0 Å². The molecule has 4 heteroatoms. The predicted molar refractivity (Wildman–Crippen MR) is 82.7 cm³/mol. The smallest absolute Gasteiger partial charge is 0.237 e. The van der Waals surface area contributed by atoms with Crippen molar-refractivity contribution < 1.29 is 9.53 Å². The van der Waals surface area contributed by atoms with Gasteiger partial charge >= 0.3 is 0 Å². The van der Waals surface area contributed by atoms with Crippen LogP contribution in [0.4, 0.5) is 5.69 Å². The van der Waals surface area contributed by atoms with E-state index in [4.69, 9.17) is 4.74 Å². The lowest BCUT2D eigenvalue weighted by Gasteiger charge is -2.28. The van der Waals surface area contributed by atoms with Crippen molar-refractivity contribution in [3.63, 3.8) is 0 Å². The van der Waals surface area contributed by atoms with Gasteiger partial charge in [0.25, 0.3) is 0 Å². The monoisotopic (exact) mass is 288 g/mol. The molecule has 1 aromatic rings. The molecule has 4 nitrogen and oxygen atoms in total. The molecule has 114 valence electrons. The first-order valence-electron chi connectivity index (χ1n) is 7.90. The molecular formula is C17H24N2O2. The van der Waals surface area contributed by atoms with Crippen molar-refractivity contribution in [2.45, 2.75) is 51.4 Å². The summed E-state index contributed by atoms with van der Waals surface area (Å²) in [6.07, 6.45) is 8.20. The Hall–Kier alpha value is -1.58. The summed E-state index contributed by atoms with van der Waals surface area (Å²) in [5.41, 5.74) is 1.52. The molecule has 0 atom stereocenters. The first-order valence-corrected chi connectivity index (χ1v) is 7.90. The van der Waals surface area contributed by atoms with Crippen LogP contribution in [-0.4, -0.2) is 24.5 Å². The van der Waals surface area contributed by atoms with E-state index in [1.54, 1.807) is 13.3 Å². The van der Waals surface area contributed by atoms with Crippen molar-refractivity contribution in [2.24, 2.45) is 5.92 Å². The maximum Gasteiger partial charge on any atom is 0.237 e. The van der Waals surface area contributed by atoms with Gasteiger partial charge in [0, 0.05) is 24.4 Å². The Morgan fingerprint density at radius 1 is 1.33 bits per heavy atom. The topological polar surface area (TPSA) is 42.4 Å². The van der Waals surface area contributed by atoms with Crippen LogP contribution in [0, 0.1) is 5.92 Å². The minimum Gasteiger partial charge on any atom is -0.481 e. The van der Waals surface area contributed by atoms with E-state index < -0.39 is 5.41 Å². The van der Waals surface area contributed by atoms with Gasteiger partial charge in [-0.05, 0) is 32.6 Å². The lowest BCUT2D eigenvalue weighted by Crippen LogP contribution is -2.39. The van der Waals surface area contributed by atoms with Crippen molar-refractivity contribution in [3.05, 3.63) is 17.8 Å². The summed E-state index contributed by atoms with van der Waals surface area (Å²) in [4.78, 5) is 19.1. The summed E-state index contributed by atoms with van der Waals surface area (Å²) in [5.74, 6) is 1.40. The van der Waals surface area contributed by atoms with Crippen LogP contribution in [0.25, 0.3) is 0 Å². The molecule has 0 N–H and O–H groups in total. The second-order valence-corrected chi connectivity index (χ2v) is 6.79. The Balaban J connectivity index is 1.92. The van der Waals surface area contributed by atoms with Crippen molar-refractivity contribution >= 4 is 11.6 Å². The van der Waals surface area contributed by atoms with E-state index >= 15 is 0 Å². The highest BCUT2D eigenvalue weighted by Crippen LogP contribution is 2.43. The quantitative estimate of drug-likeness (QED) is 0.857. The third-order valence-electron chi connectivity index (χ3n) is 4.98. The molecule has 1 fully saturated rings. The largest absolute Gasteiger partial charge is 0.481 e. The number of methoxy groups -OCH3 is 1. The van der Waals surface area contributed by atoms with E-state index in [-0.39, 0.29) is 5.91 Å². The molecule has 2 heterocycles. The maximum atomic E-state index is 12.8. The van der Waals surface area contributed by atoms with Gasteiger partial charge in [0.2, 0.25) is 11.8 Å². The van der Waals surface area contributed by atoms with Gasteiger partial charge in [-0.2, -0.15) is 0 Å². The molecule has 0 aromatic carbocycles. The molecule has 0 radical (unpaired) electrons. The summed E-state index contributed by atoms with van der Waals surface area (Å²) >= 11 is 0. The molecule has 21 heavy (non-hydrogen) atoms. The minimum atomic E-state index is -0.483. The number of hydrogen-bond acceptors (Lipinski definition) is 3. The molecule has 2 aliphatic rings. The highest BCUT2D eigenvalue weighted by atomic mass is 16.5. The predicted octanol–water partition coefficient (Wildman–Crippen LogP) is 3.29. The molecule has 0 saturated heterocycles. The maximum absolute atomic E-state index is 12.8. The molecule has 0 unspecified atom stereocenters. The third kappa shape index (κ3) is 2.41. The Bertz CT molecular complexity index is 548. The molecule has 1 amide bonds. The second-order valence-electron chi connectivity index (χ2n) is 6.79. The lowest BCUT2D eigenvalue weighted by atomic mass is 9.87. The number of nitrogens with zero attached hydrogens (tertiary/aromatic N) is 2. The summed E-state index contributed by atoms with van der Waals surface area (Å²) in [6.45, 7) is 4.81. The van der Waals surface area contributed by atoms with Crippen LogP contribution in [0.15, 0.2) is 12.3 Å². The van der Waals surface area contributed by atoms with Crippen LogP contribution in [0.1, 0.15) is 51.5 Å². The van der Waals surface area contributed by atoms with Gasteiger partial charge in [-0.15, -0.1) is 0 Å². The number of carbonyl (C=O) groups excluding carboxylic acids is 1. The van der Waals surface area contributed by atoms with Crippen molar-refractivity contribution in [1.82, 2.24) is 4.98 Å². The Kier molecular flexibility index (Phi) is 3.64. The van der Waals surface area contributed by atoms with Gasteiger partial charge < -0.3 is 9.64 Å². The zero-order valence-electron chi connectivity index (χ0n) is 13.2. The molecule has 0 bridgehead atoms. The fourth-order valence-electron chi connectivity index (χ4n) is 3.61. The molecule has 0 spiro atoms. The number of pyridine rings is 1. The fraction of sp³-hybridized carbons (Fsp3) is 0.647. The van der Waals surface area contributed by atoms with Gasteiger partial charge in [0.15, 0.2) is 0 Å². The van der Waals surface area contributed by atoms with Crippen LogP contribution in [0.2, 0.25) is 0 Å². The normalized spacial score (nSPS) is 21.5. The van der Waals surface area contributed by atoms with E-state index in [0.717, 1.165) is 17.8 Å². The Morgan fingerprint density at radius 3 is 2.71 bits per heavy atom. The number of rotatable bonds is 3. The minimum absolute atomic E-state index is 0.193. The highest BCUT2D eigenvalue weighted by Gasteiger charge is 2.44. The van der Waals surface area contributed by atoms with Crippen LogP contribution in [-0.2, 0) is 10.2 Å². The van der Waals surface area contributed by atoms with Crippen LogP contribution in [0.5, 0.6) is 5.88 Å². The van der Waals surface area contributed by atoms with E-state index in [2.05, 4.69) is 4.98 Å². The van der Waals surface area contributed by atoms with E-state index in [9.17, 15) is 4.79 Å². The summed E-state index contributed by atoms with van der Waals surface area (Å²) < 4.78 is 5.23. The zero-order chi connectivity index (χ0) is 15.0. The first-order chi connectivity index (χ1) is 10.0. The van der Waals surface area contributed by atoms with Crippen molar-refractivity contribution in [2.75, 3.05) is 18.6 Å². The third-order valence-corrected chi connectivity index (χ3v) is 4.98. The molecule has 1 saturated carbocycles. The lowest BCUT2D eigenvalue weighted by molar-refractivity contribution is -0.122. The Morgan fingerprint density at radius 2 is 2.05 bits per heavy atom. The van der Waals surface area contributed by atoms with Crippen LogP contribution >= 0.6 is 0 Å². The first kappa shape index (κ1) is 14.4. The number of anilines is 1. The number of ether oxygens (including phenoxy) is 1. The second kappa shape index (κ2) is 5.32. The standard InChI is InChI=1S/C17H24N2O2/c1-17(2)13-10-18-15(21-3)9-14(13)19(16(17)20)11-12-7-5-4-6-8-12/h9-10,12H,4-8,11H2,1-3H3. The highest BCUT2D eigenvalue weighted by molar-refractivity contribution is 6.07. The number of amides is 1. The number of fused-ring (bicyclic) bond motifs is 1. The summed E-state index contributed by atoms with van der Waals surface area (Å²) in [7, 11) is 1.61. The van der Waals surface area contributed by atoms with E-state index in [1.807, 2.05) is 24.8 Å². The van der Waals surface area contributed by atoms with Gasteiger partial charge in [-0.25, -0.2) is 4.98 Å². The van der Waals surface area contributed by atoms with Gasteiger partial charge in [0.1, 0.15) is 0 Å². The van der Waals surface area contributed by atoms with Gasteiger partial charge in [-0.3, -0.25) is 4.79 Å². The van der Waals surface area contributed by atoms with Crippen molar-refractivity contribution in [3.8, 4) is 5.88 Å². The van der Waals surface area contributed by atoms with E-state index in [0.29, 0.717) is 11.8 Å². The van der Waals surface area contributed by atoms with Crippen LogP contribution in [0.3, 0.4) is 0 Å². The van der Waals surface area contributed by atoms with Gasteiger partial charge in [-0.1, -0.05) is 19.3 Å². The molecule has 1 aliphatic heterocycles. The number of carbonyl (C=O) groups is 1. The zero-order valence-corrected chi connectivity index (χ0v) is 13.2. The average Bonchev–Trinajstić information content (AvgIpc) is 2.69. The SMILES string of the molecule is COc1cc2c(cn1)C(C)(C)C(=O)N2CC1CCCCC1. The molecule has 1 aromatic heterocycles.